The van der Waals surface area contributed by atoms with Crippen molar-refractivity contribution in [2.75, 3.05) is 11.9 Å². The van der Waals surface area contributed by atoms with Gasteiger partial charge in [-0.3, -0.25) is 14.4 Å². The van der Waals surface area contributed by atoms with Crippen LogP contribution < -0.4 is 10.6 Å². The quantitative estimate of drug-likeness (QED) is 0.433. The van der Waals surface area contributed by atoms with Crippen molar-refractivity contribution in [3.05, 3.63) is 101 Å². The number of rotatable bonds is 7. The third-order valence-corrected chi connectivity index (χ3v) is 8.56. The van der Waals surface area contributed by atoms with Crippen molar-refractivity contribution >= 4 is 23.4 Å². The van der Waals surface area contributed by atoms with E-state index in [1.54, 1.807) is 30.3 Å². The molecule has 3 aromatic carbocycles. The van der Waals surface area contributed by atoms with Crippen LogP contribution >= 0.6 is 0 Å². The lowest BCUT2D eigenvalue weighted by atomic mass is 9.92. The van der Waals surface area contributed by atoms with Gasteiger partial charge in [0, 0.05) is 18.5 Å². The number of amides is 3. The van der Waals surface area contributed by atoms with Crippen LogP contribution in [0.2, 0.25) is 0 Å². The summed E-state index contributed by atoms with van der Waals surface area (Å²) < 4.78 is 29.9. The van der Waals surface area contributed by atoms with E-state index in [0.717, 1.165) is 18.4 Å². The molecule has 2 fully saturated rings. The zero-order chi connectivity index (χ0) is 28.0. The number of nitrogens with one attached hydrogen (secondary N) is 2. The third kappa shape index (κ3) is 4.87. The zero-order valence-electron chi connectivity index (χ0n) is 22.2. The van der Waals surface area contributed by atoms with E-state index in [9.17, 15) is 18.8 Å². The fraction of sp³-hybridized carbons (Fsp3) is 0.344. The second-order valence-electron chi connectivity index (χ2n) is 11.4. The van der Waals surface area contributed by atoms with E-state index in [1.165, 1.54) is 11.0 Å². The lowest BCUT2D eigenvalue weighted by Crippen LogP contribution is -2.47. The SMILES string of the molecule is CC1(c2ccc([C@@H](NC(=O)[C@@H]3C[C@@H](F)CN3C(=O)CC3C(=O)Nc4ccccc43)c3ccccc3)cc2F)CC1. The van der Waals surface area contributed by atoms with Gasteiger partial charge in [0.2, 0.25) is 17.7 Å². The summed E-state index contributed by atoms with van der Waals surface area (Å²) >= 11 is 0. The second kappa shape index (κ2) is 10.2. The van der Waals surface area contributed by atoms with E-state index in [1.807, 2.05) is 43.3 Å². The highest BCUT2D eigenvalue weighted by molar-refractivity contribution is 6.05. The van der Waals surface area contributed by atoms with Crippen molar-refractivity contribution in [1.29, 1.82) is 0 Å². The summed E-state index contributed by atoms with van der Waals surface area (Å²) in [6.07, 6.45) is 0.208. The molecule has 1 unspecified atom stereocenters. The maximum atomic E-state index is 15.2. The summed E-state index contributed by atoms with van der Waals surface area (Å²) in [5.74, 6) is -2.28. The van der Waals surface area contributed by atoms with Gasteiger partial charge >= 0.3 is 0 Å². The minimum Gasteiger partial charge on any atom is -0.343 e. The zero-order valence-corrected chi connectivity index (χ0v) is 22.2. The molecular weight excluding hydrogens is 512 g/mol. The second-order valence-corrected chi connectivity index (χ2v) is 11.4. The highest BCUT2D eigenvalue weighted by atomic mass is 19.1. The highest BCUT2D eigenvalue weighted by Gasteiger charge is 2.43. The van der Waals surface area contributed by atoms with Crippen LogP contribution in [0, 0.1) is 5.82 Å². The van der Waals surface area contributed by atoms with Gasteiger partial charge in [0.25, 0.3) is 0 Å². The van der Waals surface area contributed by atoms with E-state index >= 15 is 4.39 Å². The molecule has 4 atom stereocenters. The van der Waals surface area contributed by atoms with E-state index in [2.05, 4.69) is 10.6 Å². The Morgan fingerprint density at radius 2 is 1.77 bits per heavy atom. The molecule has 8 heteroatoms. The van der Waals surface area contributed by atoms with Crippen LogP contribution in [0.1, 0.15) is 66.8 Å². The van der Waals surface area contributed by atoms with Gasteiger partial charge in [0.1, 0.15) is 18.0 Å². The Bertz CT molecular complexity index is 1470. The molecule has 0 bridgehead atoms. The van der Waals surface area contributed by atoms with Crippen molar-refractivity contribution in [3.63, 3.8) is 0 Å². The molecule has 40 heavy (non-hydrogen) atoms. The Hall–Kier alpha value is -4.07. The standard InChI is InChI=1S/C32H31F2N3O3/c1-32(13-14-32)24-12-11-20(15-25(24)34)29(19-7-3-2-4-8-19)36-31(40)27-16-21(33)18-37(27)28(38)17-23-22-9-5-6-10-26(22)35-30(23)39/h2-12,15,21,23,27,29H,13-14,16-18H2,1H3,(H,35,39)(H,36,40)/t21-,23?,27+,29+/m1/s1. The first kappa shape index (κ1) is 26.2. The molecule has 1 aliphatic carbocycles. The number of benzene rings is 3. The van der Waals surface area contributed by atoms with Crippen LogP contribution in [0.3, 0.4) is 0 Å². The molecule has 2 N–H and O–H groups in total. The van der Waals surface area contributed by atoms with Gasteiger partial charge in [-0.25, -0.2) is 8.78 Å². The van der Waals surface area contributed by atoms with Gasteiger partial charge in [0.15, 0.2) is 0 Å². The number of anilines is 1. The van der Waals surface area contributed by atoms with Gasteiger partial charge in [0.05, 0.1) is 18.5 Å². The summed E-state index contributed by atoms with van der Waals surface area (Å²) in [6, 6.07) is 19.7. The summed E-state index contributed by atoms with van der Waals surface area (Å²) in [5, 5.41) is 5.75. The average molecular weight is 544 g/mol. The van der Waals surface area contributed by atoms with Crippen LogP contribution in [0.5, 0.6) is 0 Å². The summed E-state index contributed by atoms with van der Waals surface area (Å²) in [5.41, 5.74) is 3.20. The largest absolute Gasteiger partial charge is 0.343 e. The number of carbonyl (C=O) groups is 3. The Balaban J connectivity index is 1.23. The molecule has 0 radical (unpaired) electrons. The van der Waals surface area contributed by atoms with Gasteiger partial charge < -0.3 is 15.5 Å². The van der Waals surface area contributed by atoms with Gasteiger partial charge in [-0.05, 0) is 52.6 Å². The predicted octanol–water partition coefficient (Wildman–Crippen LogP) is 5.15. The number of hydrogen-bond acceptors (Lipinski definition) is 3. The molecule has 3 amide bonds. The molecule has 6 nitrogen and oxygen atoms in total. The van der Waals surface area contributed by atoms with E-state index < -0.39 is 36.0 Å². The fourth-order valence-corrected chi connectivity index (χ4v) is 5.98. The van der Waals surface area contributed by atoms with Crippen LogP contribution in [0.25, 0.3) is 0 Å². The number of para-hydroxylation sites is 1. The van der Waals surface area contributed by atoms with Crippen LogP contribution in [-0.4, -0.2) is 41.4 Å². The Morgan fingerprint density at radius 3 is 2.50 bits per heavy atom. The molecule has 3 aromatic rings. The molecule has 1 saturated carbocycles. The molecule has 1 saturated heterocycles. The summed E-state index contributed by atoms with van der Waals surface area (Å²) in [6.45, 7) is 1.82. The summed E-state index contributed by atoms with van der Waals surface area (Å²) in [4.78, 5) is 40.8. The summed E-state index contributed by atoms with van der Waals surface area (Å²) in [7, 11) is 0. The molecule has 0 aromatic heterocycles. The number of nitrogens with zero attached hydrogens (tertiary/aromatic N) is 1. The molecule has 2 aliphatic heterocycles. The fourth-order valence-electron chi connectivity index (χ4n) is 5.98. The van der Waals surface area contributed by atoms with Gasteiger partial charge in [-0.2, -0.15) is 0 Å². The molecule has 6 rings (SSSR count). The van der Waals surface area contributed by atoms with Crippen molar-refractivity contribution in [3.8, 4) is 0 Å². The Kier molecular flexibility index (Phi) is 6.64. The van der Waals surface area contributed by atoms with Crippen LogP contribution in [0.15, 0.2) is 72.8 Å². The first-order chi connectivity index (χ1) is 19.2. The third-order valence-electron chi connectivity index (χ3n) is 8.56. The van der Waals surface area contributed by atoms with Gasteiger partial charge in [-0.1, -0.05) is 67.6 Å². The number of alkyl halides is 1. The van der Waals surface area contributed by atoms with E-state index in [-0.39, 0.29) is 36.5 Å². The monoisotopic (exact) mass is 543 g/mol. The Labute approximate surface area is 231 Å². The number of halogens is 2. The normalized spacial score (nSPS) is 23.3. The van der Waals surface area contributed by atoms with E-state index in [4.69, 9.17) is 0 Å². The topological polar surface area (TPSA) is 78.5 Å². The molecule has 206 valence electrons. The first-order valence-corrected chi connectivity index (χ1v) is 13.7. The smallest absolute Gasteiger partial charge is 0.243 e. The van der Waals surface area contributed by atoms with Crippen molar-refractivity contribution in [2.24, 2.45) is 0 Å². The lowest BCUT2D eigenvalue weighted by molar-refractivity contribution is -0.139. The number of fused-ring (bicyclic) bond motifs is 1. The first-order valence-electron chi connectivity index (χ1n) is 13.7. The highest BCUT2D eigenvalue weighted by Crippen LogP contribution is 2.48. The molecule has 0 spiro atoms. The minimum absolute atomic E-state index is 0.141. The van der Waals surface area contributed by atoms with Crippen LogP contribution in [-0.2, 0) is 19.8 Å². The molecular formula is C32H31F2N3O3. The number of carbonyl (C=O) groups excluding carboxylic acids is 3. The molecule has 3 aliphatic rings. The maximum Gasteiger partial charge on any atom is 0.243 e. The van der Waals surface area contributed by atoms with E-state index in [0.29, 0.717) is 22.4 Å². The lowest BCUT2D eigenvalue weighted by Gasteiger charge is -2.28. The average Bonchev–Trinajstić information content (AvgIpc) is 3.44. The van der Waals surface area contributed by atoms with Crippen molar-refractivity contribution in [2.45, 2.75) is 62.2 Å². The molecule has 2 heterocycles. The maximum absolute atomic E-state index is 15.2. The van der Waals surface area contributed by atoms with Crippen molar-refractivity contribution in [1.82, 2.24) is 10.2 Å². The van der Waals surface area contributed by atoms with Crippen LogP contribution in [0.4, 0.5) is 14.5 Å². The minimum atomic E-state index is -1.37. The number of hydrogen-bond donors (Lipinski definition) is 2. The Morgan fingerprint density at radius 1 is 1.05 bits per heavy atom. The van der Waals surface area contributed by atoms with Crippen molar-refractivity contribution < 1.29 is 23.2 Å². The predicted molar refractivity (Wildman–Crippen MR) is 147 cm³/mol. The van der Waals surface area contributed by atoms with Gasteiger partial charge in [-0.15, -0.1) is 0 Å². The number of likely N-dealkylation sites (tertiary alicyclic amines) is 1.